The third-order valence-electron chi connectivity index (χ3n) is 3.01. The van der Waals surface area contributed by atoms with Crippen molar-refractivity contribution >= 4 is 23.5 Å². The summed E-state index contributed by atoms with van der Waals surface area (Å²) in [7, 11) is 0. The lowest BCUT2D eigenvalue weighted by atomic mass is 10.2. The molecule has 2 heterocycles. The van der Waals surface area contributed by atoms with Gasteiger partial charge < -0.3 is 10.8 Å². The molecule has 0 bridgehead atoms. The van der Waals surface area contributed by atoms with Crippen LogP contribution in [0.25, 0.3) is 5.82 Å². The average molecular weight is 332 g/mol. The van der Waals surface area contributed by atoms with E-state index in [1.807, 2.05) is 30.3 Å². The molecular formula is C13H12N6O3S. The highest BCUT2D eigenvalue weighted by Gasteiger charge is 2.23. The van der Waals surface area contributed by atoms with Crippen molar-refractivity contribution in [3.8, 4) is 5.82 Å². The van der Waals surface area contributed by atoms with Crippen molar-refractivity contribution in [2.24, 2.45) is 0 Å². The first-order valence-electron chi connectivity index (χ1n) is 6.54. The molecule has 3 rings (SSSR count). The van der Waals surface area contributed by atoms with Gasteiger partial charge in [-0.1, -0.05) is 35.5 Å². The fourth-order valence-electron chi connectivity index (χ4n) is 1.94. The van der Waals surface area contributed by atoms with Crippen molar-refractivity contribution in [1.29, 1.82) is 0 Å². The van der Waals surface area contributed by atoms with Gasteiger partial charge in [0.2, 0.25) is 11.6 Å². The second-order valence-electron chi connectivity index (χ2n) is 4.55. The zero-order valence-electron chi connectivity index (χ0n) is 11.8. The van der Waals surface area contributed by atoms with E-state index in [-0.39, 0.29) is 17.3 Å². The molecule has 3 aromatic rings. The Balaban J connectivity index is 1.83. The summed E-state index contributed by atoms with van der Waals surface area (Å²) in [6, 6.07) is 9.84. The lowest BCUT2D eigenvalue weighted by Gasteiger charge is -2.04. The number of nitrogen functional groups attached to an aromatic ring is 1. The van der Waals surface area contributed by atoms with Crippen molar-refractivity contribution in [2.45, 2.75) is 11.5 Å². The van der Waals surface area contributed by atoms with E-state index in [2.05, 4.69) is 25.3 Å². The van der Waals surface area contributed by atoms with E-state index in [0.717, 1.165) is 11.3 Å². The Kier molecular flexibility index (Phi) is 4.24. The zero-order chi connectivity index (χ0) is 16.2. The predicted molar refractivity (Wildman–Crippen MR) is 82.0 cm³/mol. The minimum Gasteiger partial charge on any atom is -0.476 e. The van der Waals surface area contributed by atoms with Crippen LogP contribution in [0, 0.1) is 0 Å². The number of nitrogens with zero attached hydrogens (tertiary/aromatic N) is 5. The van der Waals surface area contributed by atoms with Gasteiger partial charge in [0.1, 0.15) is 0 Å². The number of thioether (sulfide) groups is 1. The summed E-state index contributed by atoms with van der Waals surface area (Å²) in [6.45, 7) is 0. The molecule has 0 fully saturated rings. The van der Waals surface area contributed by atoms with Gasteiger partial charge in [0.05, 0.1) is 5.69 Å². The minimum absolute atomic E-state index is 0.0150. The number of rotatable bonds is 6. The number of aromatic nitrogens is 5. The van der Waals surface area contributed by atoms with Gasteiger partial charge in [-0.25, -0.2) is 9.42 Å². The van der Waals surface area contributed by atoms with E-state index in [0.29, 0.717) is 11.4 Å². The number of carboxylic acid groups (broad SMARTS) is 1. The Bertz CT molecular complexity index is 816. The van der Waals surface area contributed by atoms with Crippen LogP contribution < -0.4 is 5.73 Å². The van der Waals surface area contributed by atoms with Crippen molar-refractivity contribution in [3.63, 3.8) is 0 Å². The minimum atomic E-state index is -1.17. The molecule has 0 aliphatic heterocycles. The number of carbonyl (C=O) groups is 1. The van der Waals surface area contributed by atoms with Crippen molar-refractivity contribution in [3.05, 3.63) is 47.3 Å². The molecule has 0 atom stereocenters. The lowest BCUT2D eigenvalue weighted by Crippen LogP contribution is -2.08. The number of hydrogen-bond acceptors (Lipinski definition) is 8. The van der Waals surface area contributed by atoms with Crippen LogP contribution in [0.15, 0.2) is 35.0 Å². The van der Waals surface area contributed by atoms with Crippen LogP contribution >= 0.6 is 11.8 Å². The first-order chi connectivity index (χ1) is 11.2. The molecule has 118 valence electrons. The van der Waals surface area contributed by atoms with Crippen molar-refractivity contribution in [1.82, 2.24) is 25.3 Å². The smallest absolute Gasteiger partial charge is 0.358 e. The molecule has 23 heavy (non-hydrogen) atoms. The van der Waals surface area contributed by atoms with Gasteiger partial charge >= 0.3 is 5.97 Å². The lowest BCUT2D eigenvalue weighted by molar-refractivity contribution is 0.0689. The fraction of sp³-hybridized carbons (Fsp3) is 0.154. The van der Waals surface area contributed by atoms with E-state index >= 15 is 0 Å². The zero-order valence-corrected chi connectivity index (χ0v) is 12.6. The fourth-order valence-corrected chi connectivity index (χ4v) is 2.93. The van der Waals surface area contributed by atoms with Crippen LogP contribution in [0.1, 0.15) is 21.7 Å². The van der Waals surface area contributed by atoms with Gasteiger partial charge in [0.15, 0.2) is 5.69 Å². The second-order valence-corrected chi connectivity index (χ2v) is 5.54. The summed E-state index contributed by atoms with van der Waals surface area (Å²) in [4.78, 5) is 11.3. The molecule has 3 N–H and O–H groups in total. The van der Waals surface area contributed by atoms with Gasteiger partial charge in [-0.2, -0.15) is 16.4 Å². The molecule has 0 amide bonds. The van der Waals surface area contributed by atoms with Crippen LogP contribution in [-0.4, -0.2) is 36.4 Å². The second kappa shape index (κ2) is 6.48. The van der Waals surface area contributed by atoms with Gasteiger partial charge in [0, 0.05) is 11.5 Å². The molecule has 1 aromatic carbocycles. The Labute approximate surface area is 134 Å². The summed E-state index contributed by atoms with van der Waals surface area (Å²) in [5.41, 5.74) is 7.00. The van der Waals surface area contributed by atoms with E-state index in [1.54, 1.807) is 0 Å². The van der Waals surface area contributed by atoms with Crippen LogP contribution in [-0.2, 0) is 11.5 Å². The molecule has 9 nitrogen and oxygen atoms in total. The SMILES string of the molecule is Nc1nonc1-n1nnc(C(=O)O)c1CSCc1ccccc1. The normalized spacial score (nSPS) is 10.8. The van der Waals surface area contributed by atoms with Crippen molar-refractivity contribution < 1.29 is 14.5 Å². The van der Waals surface area contributed by atoms with Crippen LogP contribution in [0.4, 0.5) is 5.82 Å². The van der Waals surface area contributed by atoms with Crippen molar-refractivity contribution in [2.75, 3.05) is 5.73 Å². The Hall–Kier alpha value is -2.88. The third kappa shape index (κ3) is 3.16. The molecule has 0 radical (unpaired) electrons. The molecule has 0 saturated carbocycles. The highest BCUT2D eigenvalue weighted by Crippen LogP contribution is 2.22. The summed E-state index contributed by atoms with van der Waals surface area (Å²) < 4.78 is 5.77. The van der Waals surface area contributed by atoms with Crippen LogP contribution in [0.5, 0.6) is 0 Å². The van der Waals surface area contributed by atoms with Gasteiger partial charge in [-0.15, -0.1) is 5.10 Å². The predicted octanol–water partition coefficient (Wildman–Crippen LogP) is 1.36. The molecule has 10 heteroatoms. The molecular weight excluding hydrogens is 320 g/mol. The summed E-state index contributed by atoms with van der Waals surface area (Å²) in [6.07, 6.45) is 0. The Morgan fingerprint density at radius 2 is 2.04 bits per heavy atom. The molecule has 0 saturated heterocycles. The molecule has 0 aliphatic carbocycles. The quantitative estimate of drug-likeness (QED) is 0.686. The maximum Gasteiger partial charge on any atom is 0.358 e. The highest BCUT2D eigenvalue weighted by atomic mass is 32.2. The van der Waals surface area contributed by atoms with Crippen LogP contribution in [0.2, 0.25) is 0 Å². The van der Waals surface area contributed by atoms with Gasteiger partial charge in [-0.3, -0.25) is 0 Å². The largest absolute Gasteiger partial charge is 0.476 e. The summed E-state index contributed by atoms with van der Waals surface area (Å²) in [5, 5.41) is 23.8. The molecule has 2 aromatic heterocycles. The number of carboxylic acids is 1. The maximum absolute atomic E-state index is 11.3. The summed E-state index contributed by atoms with van der Waals surface area (Å²) >= 11 is 1.53. The average Bonchev–Trinajstić information content (AvgIpc) is 3.14. The maximum atomic E-state index is 11.3. The molecule has 0 spiro atoms. The first kappa shape index (κ1) is 15.0. The van der Waals surface area contributed by atoms with E-state index in [1.165, 1.54) is 16.4 Å². The topological polar surface area (TPSA) is 133 Å². The molecule has 0 aliphatic rings. The monoisotopic (exact) mass is 332 g/mol. The highest BCUT2D eigenvalue weighted by molar-refractivity contribution is 7.97. The standard InChI is InChI=1S/C13H12N6O3S/c14-11-12(17-22-16-11)19-9(10(13(20)21)15-18-19)7-23-6-8-4-2-1-3-5-8/h1-5H,6-7H2,(H2,14,16)(H,20,21). The Morgan fingerprint density at radius 3 is 2.70 bits per heavy atom. The summed E-state index contributed by atoms with van der Waals surface area (Å²) in [5.74, 6) is 0.0658. The number of anilines is 1. The van der Waals surface area contributed by atoms with E-state index in [9.17, 15) is 9.90 Å². The van der Waals surface area contributed by atoms with Crippen LogP contribution in [0.3, 0.4) is 0 Å². The van der Waals surface area contributed by atoms with Gasteiger partial charge in [-0.05, 0) is 15.9 Å². The third-order valence-corrected chi connectivity index (χ3v) is 4.03. The van der Waals surface area contributed by atoms with E-state index in [4.69, 9.17) is 5.73 Å². The number of benzene rings is 1. The van der Waals surface area contributed by atoms with E-state index < -0.39 is 5.97 Å². The molecule has 0 unspecified atom stereocenters. The number of hydrogen-bond donors (Lipinski definition) is 2. The number of aromatic carboxylic acids is 1. The van der Waals surface area contributed by atoms with Gasteiger partial charge in [0.25, 0.3) is 0 Å². The first-order valence-corrected chi connectivity index (χ1v) is 7.70. The Morgan fingerprint density at radius 1 is 1.26 bits per heavy atom. The number of nitrogens with two attached hydrogens (primary N) is 1.